The van der Waals surface area contributed by atoms with E-state index in [1.165, 1.54) is 13.0 Å². The molecule has 0 aliphatic carbocycles. The number of hydrogen-bond acceptors (Lipinski definition) is 7. The first-order valence-electron chi connectivity index (χ1n) is 10.6. The lowest BCUT2D eigenvalue weighted by atomic mass is 10.1. The van der Waals surface area contributed by atoms with E-state index in [1.807, 2.05) is 6.07 Å². The molecule has 174 valence electrons. The van der Waals surface area contributed by atoms with Crippen LogP contribution in [-0.2, 0) is 9.53 Å². The quantitative estimate of drug-likeness (QED) is 0.471. The maximum absolute atomic E-state index is 14.2. The summed E-state index contributed by atoms with van der Waals surface area (Å²) in [5.74, 6) is 0.573. The minimum absolute atomic E-state index is 0.00514. The monoisotopic (exact) mass is 474 g/mol. The third kappa shape index (κ3) is 6.00. The lowest BCUT2D eigenvalue weighted by molar-refractivity contribution is -0.119. The highest BCUT2D eigenvalue weighted by molar-refractivity contribution is 6.31. The van der Waals surface area contributed by atoms with Crippen molar-refractivity contribution >= 4 is 40.0 Å². The number of fused-ring (bicyclic) bond motifs is 1. The van der Waals surface area contributed by atoms with Crippen LogP contribution in [-0.4, -0.2) is 48.3 Å². The van der Waals surface area contributed by atoms with Crippen LogP contribution >= 0.6 is 11.6 Å². The molecule has 4 rings (SSSR count). The number of ether oxygens (including phenoxy) is 3. The van der Waals surface area contributed by atoms with Gasteiger partial charge in [-0.3, -0.25) is 4.79 Å². The molecule has 1 fully saturated rings. The van der Waals surface area contributed by atoms with Crippen molar-refractivity contribution < 1.29 is 23.4 Å². The van der Waals surface area contributed by atoms with Gasteiger partial charge in [-0.05, 0) is 18.2 Å². The first kappa shape index (κ1) is 23.0. The molecule has 0 atom stereocenters. The minimum Gasteiger partial charge on any atom is -0.488 e. The van der Waals surface area contributed by atoms with Crippen molar-refractivity contribution in [1.82, 2.24) is 15.3 Å². The van der Waals surface area contributed by atoms with E-state index in [0.29, 0.717) is 36.8 Å². The number of aromatic nitrogens is 2. The molecule has 10 heteroatoms. The zero-order chi connectivity index (χ0) is 23.2. The van der Waals surface area contributed by atoms with Crippen molar-refractivity contribution in [2.24, 2.45) is 0 Å². The Hall–Kier alpha value is -3.17. The van der Waals surface area contributed by atoms with Crippen LogP contribution < -0.4 is 20.1 Å². The highest BCUT2D eigenvalue weighted by atomic mass is 35.5. The summed E-state index contributed by atoms with van der Waals surface area (Å²) in [5.41, 5.74) is 0.761. The molecule has 0 unspecified atom stereocenters. The molecule has 0 spiro atoms. The van der Waals surface area contributed by atoms with Crippen molar-refractivity contribution in [3.05, 3.63) is 47.4 Å². The first-order valence-corrected chi connectivity index (χ1v) is 11.0. The summed E-state index contributed by atoms with van der Waals surface area (Å²) in [4.78, 5) is 19.9. The summed E-state index contributed by atoms with van der Waals surface area (Å²) in [6.07, 6.45) is 3.22. The fraction of sp³-hybridized carbons (Fsp3) is 0.348. The number of carbonyl (C=O) groups is 1. The zero-order valence-corrected chi connectivity index (χ0v) is 18.8. The van der Waals surface area contributed by atoms with Crippen molar-refractivity contribution in [2.45, 2.75) is 25.9 Å². The van der Waals surface area contributed by atoms with Crippen molar-refractivity contribution in [3.63, 3.8) is 0 Å². The molecular formula is C23H24ClFN4O4. The van der Waals surface area contributed by atoms with Gasteiger partial charge in [-0.15, -0.1) is 0 Å². The summed E-state index contributed by atoms with van der Waals surface area (Å²) < 4.78 is 31.8. The number of nitrogens with one attached hydrogen (secondary N) is 2. The van der Waals surface area contributed by atoms with E-state index in [-0.39, 0.29) is 35.3 Å². The van der Waals surface area contributed by atoms with Crippen LogP contribution in [0, 0.1) is 5.82 Å². The number of rotatable bonds is 8. The SMILES string of the molecule is CC(=O)NCCOc1cc2nc(Nc3cccc(Cl)c3F)ncc2cc1OC1CCOCC1. The smallest absolute Gasteiger partial charge is 0.227 e. The van der Waals surface area contributed by atoms with Gasteiger partial charge in [-0.25, -0.2) is 14.4 Å². The summed E-state index contributed by atoms with van der Waals surface area (Å²) in [5, 5.41) is 6.30. The Morgan fingerprint density at radius 1 is 1.27 bits per heavy atom. The van der Waals surface area contributed by atoms with E-state index in [1.54, 1.807) is 24.4 Å². The summed E-state index contributed by atoms with van der Waals surface area (Å²) in [6.45, 7) is 3.36. The number of amides is 1. The van der Waals surface area contributed by atoms with E-state index in [9.17, 15) is 9.18 Å². The highest BCUT2D eigenvalue weighted by Gasteiger charge is 2.19. The molecule has 0 saturated carbocycles. The molecule has 1 aromatic heterocycles. The second kappa shape index (κ2) is 10.6. The van der Waals surface area contributed by atoms with Gasteiger partial charge in [-0.2, -0.15) is 0 Å². The van der Waals surface area contributed by atoms with E-state index in [2.05, 4.69) is 20.6 Å². The summed E-state index contributed by atoms with van der Waals surface area (Å²) in [7, 11) is 0. The molecule has 1 aliphatic rings. The van der Waals surface area contributed by atoms with Crippen LogP contribution in [0.1, 0.15) is 19.8 Å². The fourth-order valence-corrected chi connectivity index (χ4v) is 3.56. The molecular weight excluding hydrogens is 451 g/mol. The lowest BCUT2D eigenvalue weighted by Gasteiger charge is -2.24. The largest absolute Gasteiger partial charge is 0.488 e. The minimum atomic E-state index is -0.579. The maximum Gasteiger partial charge on any atom is 0.227 e. The second-order valence-corrected chi connectivity index (χ2v) is 7.95. The highest BCUT2D eigenvalue weighted by Crippen LogP contribution is 2.34. The lowest BCUT2D eigenvalue weighted by Crippen LogP contribution is -2.27. The normalized spacial score (nSPS) is 14.2. The van der Waals surface area contributed by atoms with Gasteiger partial charge < -0.3 is 24.8 Å². The number of carbonyl (C=O) groups excluding carboxylic acids is 1. The van der Waals surface area contributed by atoms with Crippen molar-refractivity contribution in [1.29, 1.82) is 0 Å². The number of halogens is 2. The Kier molecular flexibility index (Phi) is 7.41. The van der Waals surface area contributed by atoms with Gasteiger partial charge in [0.25, 0.3) is 0 Å². The van der Waals surface area contributed by atoms with Crippen LogP contribution in [0.2, 0.25) is 5.02 Å². The van der Waals surface area contributed by atoms with Gasteiger partial charge in [0.1, 0.15) is 12.7 Å². The number of nitrogens with zero attached hydrogens (tertiary/aromatic N) is 2. The Labute approximate surface area is 195 Å². The predicted octanol–water partition coefficient (Wildman–Crippen LogP) is 4.24. The average molecular weight is 475 g/mol. The van der Waals surface area contributed by atoms with Gasteiger partial charge in [0, 0.05) is 37.4 Å². The topological polar surface area (TPSA) is 94.6 Å². The molecule has 0 radical (unpaired) electrons. The van der Waals surface area contributed by atoms with Crippen LogP contribution in [0.4, 0.5) is 16.0 Å². The molecule has 8 nitrogen and oxygen atoms in total. The Morgan fingerprint density at radius 3 is 2.88 bits per heavy atom. The number of anilines is 2. The van der Waals surface area contributed by atoms with E-state index in [0.717, 1.165) is 18.2 Å². The second-order valence-electron chi connectivity index (χ2n) is 7.54. The number of benzene rings is 2. The van der Waals surface area contributed by atoms with Crippen LogP contribution in [0.5, 0.6) is 11.5 Å². The first-order chi connectivity index (χ1) is 16.0. The molecule has 2 heterocycles. The van der Waals surface area contributed by atoms with E-state index < -0.39 is 5.82 Å². The van der Waals surface area contributed by atoms with Crippen LogP contribution in [0.15, 0.2) is 36.5 Å². The fourth-order valence-electron chi connectivity index (χ4n) is 3.39. The van der Waals surface area contributed by atoms with Gasteiger partial charge >= 0.3 is 0 Å². The maximum atomic E-state index is 14.2. The molecule has 0 bridgehead atoms. The molecule has 1 amide bonds. The van der Waals surface area contributed by atoms with Crippen LogP contribution in [0.3, 0.4) is 0 Å². The third-order valence-corrected chi connectivity index (χ3v) is 5.33. The van der Waals surface area contributed by atoms with Gasteiger partial charge in [0.2, 0.25) is 11.9 Å². The zero-order valence-electron chi connectivity index (χ0n) is 18.1. The molecule has 33 heavy (non-hydrogen) atoms. The van der Waals surface area contributed by atoms with Gasteiger partial charge in [0.15, 0.2) is 17.3 Å². The molecule has 2 aromatic carbocycles. The van der Waals surface area contributed by atoms with E-state index in [4.69, 9.17) is 25.8 Å². The third-order valence-electron chi connectivity index (χ3n) is 5.04. The van der Waals surface area contributed by atoms with E-state index >= 15 is 0 Å². The Morgan fingerprint density at radius 2 is 2.09 bits per heavy atom. The molecule has 3 aromatic rings. The van der Waals surface area contributed by atoms with Crippen LogP contribution in [0.25, 0.3) is 10.9 Å². The molecule has 2 N–H and O–H groups in total. The predicted molar refractivity (Wildman–Crippen MR) is 123 cm³/mol. The summed E-state index contributed by atoms with van der Waals surface area (Å²) >= 11 is 5.85. The molecule has 1 saturated heterocycles. The molecule has 1 aliphatic heterocycles. The van der Waals surface area contributed by atoms with Gasteiger partial charge in [-0.1, -0.05) is 17.7 Å². The Bertz CT molecular complexity index is 1140. The standard InChI is InChI=1S/C23H24ClFN4O4/c1-14(30)26-7-10-32-20-12-19-15(11-21(20)33-16-5-8-31-9-6-16)13-27-23(29-19)28-18-4-2-3-17(24)22(18)25/h2-4,11-13,16H,5-10H2,1H3,(H,26,30)(H,27,28,29). The number of hydrogen-bond donors (Lipinski definition) is 2. The van der Waals surface area contributed by atoms with Crippen molar-refractivity contribution in [2.75, 3.05) is 31.7 Å². The van der Waals surface area contributed by atoms with Crippen molar-refractivity contribution in [3.8, 4) is 11.5 Å². The average Bonchev–Trinajstić information content (AvgIpc) is 2.80. The summed E-state index contributed by atoms with van der Waals surface area (Å²) in [6, 6.07) is 8.22. The van der Waals surface area contributed by atoms with Gasteiger partial charge in [0.05, 0.1) is 36.0 Å². The Balaban J connectivity index is 1.60.